The molecule has 0 aromatic carbocycles. The van der Waals surface area contributed by atoms with Crippen molar-refractivity contribution in [2.45, 2.75) is 12.8 Å². The molecule has 2 rings (SSSR count). The van der Waals surface area contributed by atoms with Crippen molar-refractivity contribution in [3.63, 3.8) is 0 Å². The Kier molecular flexibility index (Phi) is 0.770. The zero-order chi connectivity index (χ0) is 5.45. The first-order valence-electron chi connectivity index (χ1n) is 3.32. The van der Waals surface area contributed by atoms with Gasteiger partial charge in [0.1, 0.15) is 0 Å². The first-order valence-corrected chi connectivity index (χ1v) is 3.32. The monoisotopic (exact) mass is 109 g/mol. The van der Waals surface area contributed by atoms with E-state index in [-0.39, 0.29) is 0 Å². The number of hydrogen-bond donors (Lipinski definition) is 1. The Morgan fingerprint density at radius 1 is 1.38 bits per heavy atom. The van der Waals surface area contributed by atoms with Crippen LogP contribution in [0.15, 0.2) is 12.2 Å². The van der Waals surface area contributed by atoms with Crippen LogP contribution in [-0.2, 0) is 0 Å². The molecule has 1 aliphatic carbocycles. The average Bonchev–Trinajstić information content (AvgIpc) is 2.52. The lowest BCUT2D eigenvalue weighted by Gasteiger charge is -2.21. The maximum Gasteiger partial charge on any atom is 0.0187 e. The van der Waals surface area contributed by atoms with E-state index in [0.717, 1.165) is 0 Å². The summed E-state index contributed by atoms with van der Waals surface area (Å²) in [5, 5.41) is 3.38. The molecule has 1 spiro atoms. The highest BCUT2D eigenvalue weighted by Crippen LogP contribution is 2.40. The lowest BCUT2D eigenvalue weighted by atomic mass is 9.94. The fourth-order valence-electron chi connectivity index (χ4n) is 1.35. The fraction of sp³-hybridized carbons (Fsp3) is 0.714. The van der Waals surface area contributed by atoms with Gasteiger partial charge in [0.25, 0.3) is 0 Å². The Morgan fingerprint density at radius 3 is 2.62 bits per heavy atom. The predicted molar refractivity (Wildman–Crippen MR) is 33.7 cm³/mol. The Morgan fingerprint density at radius 2 is 2.25 bits per heavy atom. The summed E-state index contributed by atoms with van der Waals surface area (Å²) in [7, 11) is 0. The van der Waals surface area contributed by atoms with Gasteiger partial charge in [0.05, 0.1) is 0 Å². The van der Waals surface area contributed by atoms with E-state index >= 15 is 0 Å². The smallest absolute Gasteiger partial charge is 0.0187 e. The molecule has 2 aliphatic rings. The van der Waals surface area contributed by atoms with Crippen molar-refractivity contribution in [2.24, 2.45) is 5.41 Å². The first kappa shape index (κ1) is 4.57. The maximum absolute atomic E-state index is 3.38. The number of piperidine rings is 1. The van der Waals surface area contributed by atoms with Crippen molar-refractivity contribution < 1.29 is 0 Å². The van der Waals surface area contributed by atoms with Crippen LogP contribution in [0.5, 0.6) is 0 Å². The molecule has 0 aromatic heterocycles. The van der Waals surface area contributed by atoms with Crippen LogP contribution in [0.4, 0.5) is 0 Å². The molecule has 1 heteroatoms. The van der Waals surface area contributed by atoms with Crippen molar-refractivity contribution in [2.75, 3.05) is 13.1 Å². The molecule has 0 radical (unpaired) electrons. The molecule has 1 heterocycles. The predicted octanol–water partition coefficient (Wildman–Crippen LogP) is 0.926. The molecule has 1 nitrogen and oxygen atoms in total. The van der Waals surface area contributed by atoms with Crippen LogP contribution in [0, 0.1) is 5.41 Å². The van der Waals surface area contributed by atoms with Crippen LogP contribution in [0.2, 0.25) is 0 Å². The molecule has 1 aliphatic heterocycles. The molecular formula is C7H11N. The topological polar surface area (TPSA) is 12.0 Å². The molecular weight excluding hydrogens is 98.1 g/mol. The summed E-state index contributed by atoms with van der Waals surface area (Å²) < 4.78 is 0. The molecule has 8 heavy (non-hydrogen) atoms. The third-order valence-corrected chi connectivity index (χ3v) is 2.09. The first-order chi connectivity index (χ1) is 3.91. The Bertz CT molecular complexity index is 112. The minimum Gasteiger partial charge on any atom is -0.316 e. The van der Waals surface area contributed by atoms with Crippen LogP contribution in [0.3, 0.4) is 0 Å². The second-order valence-electron chi connectivity index (χ2n) is 2.85. The zero-order valence-electron chi connectivity index (χ0n) is 4.98. The second kappa shape index (κ2) is 1.35. The normalized spacial score (nSPS) is 31.0. The number of hydrogen-bond acceptors (Lipinski definition) is 1. The molecule has 44 valence electrons. The van der Waals surface area contributed by atoms with E-state index in [2.05, 4.69) is 17.5 Å². The van der Waals surface area contributed by atoms with Crippen molar-refractivity contribution >= 4 is 0 Å². The molecule has 0 aromatic rings. The molecule has 0 unspecified atom stereocenters. The standard InChI is InChI=1S/C7H11N/c1-2-7(3-4-7)6-8-5-1/h3-4,8H,1-2,5-6H2. The molecule has 0 saturated carbocycles. The minimum absolute atomic E-state index is 0.568. The third kappa shape index (κ3) is 0.583. The minimum atomic E-state index is 0.568. The summed E-state index contributed by atoms with van der Waals surface area (Å²) in [4.78, 5) is 0. The van der Waals surface area contributed by atoms with Crippen molar-refractivity contribution in [3.8, 4) is 0 Å². The van der Waals surface area contributed by atoms with Gasteiger partial charge in [0.2, 0.25) is 0 Å². The summed E-state index contributed by atoms with van der Waals surface area (Å²) in [5.41, 5.74) is 0.568. The van der Waals surface area contributed by atoms with E-state index in [1.54, 1.807) is 0 Å². The zero-order valence-corrected chi connectivity index (χ0v) is 4.98. The molecule has 1 fully saturated rings. The third-order valence-electron chi connectivity index (χ3n) is 2.09. The second-order valence-corrected chi connectivity index (χ2v) is 2.85. The molecule has 1 saturated heterocycles. The Hall–Kier alpha value is -0.300. The quantitative estimate of drug-likeness (QED) is 0.456. The van der Waals surface area contributed by atoms with Crippen LogP contribution in [0.25, 0.3) is 0 Å². The van der Waals surface area contributed by atoms with Gasteiger partial charge in [0.15, 0.2) is 0 Å². The molecule has 0 bridgehead atoms. The van der Waals surface area contributed by atoms with E-state index in [4.69, 9.17) is 0 Å². The van der Waals surface area contributed by atoms with E-state index in [1.807, 2.05) is 0 Å². The van der Waals surface area contributed by atoms with Crippen LogP contribution < -0.4 is 5.32 Å². The van der Waals surface area contributed by atoms with Crippen molar-refractivity contribution in [3.05, 3.63) is 12.2 Å². The number of rotatable bonds is 0. The highest BCUT2D eigenvalue weighted by atomic mass is 14.9. The van der Waals surface area contributed by atoms with Gasteiger partial charge in [-0.05, 0) is 19.4 Å². The number of nitrogens with one attached hydrogen (secondary N) is 1. The molecule has 1 N–H and O–H groups in total. The van der Waals surface area contributed by atoms with Crippen molar-refractivity contribution in [1.29, 1.82) is 0 Å². The van der Waals surface area contributed by atoms with Gasteiger partial charge in [-0.3, -0.25) is 0 Å². The summed E-state index contributed by atoms with van der Waals surface area (Å²) in [6, 6.07) is 0. The van der Waals surface area contributed by atoms with Crippen LogP contribution in [0.1, 0.15) is 12.8 Å². The summed E-state index contributed by atoms with van der Waals surface area (Å²) in [6.45, 7) is 2.43. The maximum atomic E-state index is 3.38. The van der Waals surface area contributed by atoms with Crippen LogP contribution >= 0.6 is 0 Å². The Balaban J connectivity index is 1.96. The summed E-state index contributed by atoms with van der Waals surface area (Å²) in [5.74, 6) is 0. The largest absolute Gasteiger partial charge is 0.316 e. The highest BCUT2D eigenvalue weighted by Gasteiger charge is 2.34. The van der Waals surface area contributed by atoms with Gasteiger partial charge >= 0.3 is 0 Å². The van der Waals surface area contributed by atoms with Gasteiger partial charge in [-0.2, -0.15) is 0 Å². The van der Waals surface area contributed by atoms with Gasteiger partial charge in [-0.25, -0.2) is 0 Å². The summed E-state index contributed by atoms with van der Waals surface area (Å²) in [6.07, 6.45) is 7.38. The lowest BCUT2D eigenvalue weighted by Crippen LogP contribution is -2.31. The SMILES string of the molecule is C1=CC12CCCNC2. The highest BCUT2D eigenvalue weighted by molar-refractivity contribution is 5.27. The van der Waals surface area contributed by atoms with Gasteiger partial charge in [-0.1, -0.05) is 12.2 Å². The van der Waals surface area contributed by atoms with E-state index in [0.29, 0.717) is 5.41 Å². The van der Waals surface area contributed by atoms with E-state index in [1.165, 1.54) is 25.9 Å². The fourth-order valence-corrected chi connectivity index (χ4v) is 1.35. The summed E-state index contributed by atoms with van der Waals surface area (Å²) >= 11 is 0. The van der Waals surface area contributed by atoms with E-state index in [9.17, 15) is 0 Å². The van der Waals surface area contributed by atoms with Gasteiger partial charge in [0, 0.05) is 12.0 Å². The Labute approximate surface area is 49.8 Å². The average molecular weight is 109 g/mol. The van der Waals surface area contributed by atoms with Crippen molar-refractivity contribution in [1.82, 2.24) is 5.32 Å². The van der Waals surface area contributed by atoms with Crippen LogP contribution in [-0.4, -0.2) is 13.1 Å². The lowest BCUT2D eigenvalue weighted by molar-refractivity contribution is 0.392. The molecule has 0 atom stereocenters. The molecule has 0 amide bonds. The van der Waals surface area contributed by atoms with E-state index < -0.39 is 0 Å². The van der Waals surface area contributed by atoms with Gasteiger partial charge < -0.3 is 5.32 Å². The van der Waals surface area contributed by atoms with Gasteiger partial charge in [-0.15, -0.1) is 0 Å².